The quantitative estimate of drug-likeness (QED) is 0.596. The smallest absolute Gasteiger partial charge is 0.0646 e. The van der Waals surface area contributed by atoms with Crippen LogP contribution in [0, 0.1) is 5.92 Å². The van der Waals surface area contributed by atoms with Crippen LogP contribution < -0.4 is 16.8 Å². The van der Waals surface area contributed by atoms with E-state index in [1.165, 1.54) is 32.1 Å². The van der Waals surface area contributed by atoms with Crippen LogP contribution in [0.1, 0.15) is 46.0 Å². The van der Waals surface area contributed by atoms with Gasteiger partial charge in [-0.05, 0) is 25.7 Å². The first kappa shape index (κ1) is 12.0. The molecule has 1 atom stereocenters. The van der Waals surface area contributed by atoms with Crippen molar-refractivity contribution in [2.24, 2.45) is 17.4 Å². The lowest BCUT2D eigenvalue weighted by molar-refractivity contribution is 0.282. The lowest BCUT2D eigenvalue weighted by atomic mass is 9.93. The van der Waals surface area contributed by atoms with Crippen molar-refractivity contribution in [3.63, 3.8) is 0 Å². The Morgan fingerprint density at radius 2 is 1.86 bits per heavy atom. The summed E-state index contributed by atoms with van der Waals surface area (Å²) in [5.74, 6) is 0.324. The summed E-state index contributed by atoms with van der Waals surface area (Å²) < 4.78 is 0. The second-order valence-electron chi connectivity index (χ2n) is 5.01. The molecule has 0 aromatic heterocycles. The molecule has 0 heterocycles. The van der Waals surface area contributed by atoms with Crippen LogP contribution in [-0.4, -0.2) is 18.2 Å². The third-order valence-electron chi connectivity index (χ3n) is 3.38. The number of nitrogens with one attached hydrogen (secondary N) is 1. The molecule has 1 aliphatic rings. The van der Waals surface area contributed by atoms with Crippen LogP contribution in [0.3, 0.4) is 0 Å². The van der Waals surface area contributed by atoms with E-state index >= 15 is 0 Å². The van der Waals surface area contributed by atoms with E-state index in [2.05, 4.69) is 12.2 Å². The van der Waals surface area contributed by atoms with E-state index in [1.54, 1.807) is 0 Å². The number of nitrogens with two attached hydrogens (primary N) is 2. The van der Waals surface area contributed by atoms with Crippen LogP contribution in [0.5, 0.6) is 0 Å². The molecule has 1 unspecified atom stereocenters. The van der Waals surface area contributed by atoms with Crippen molar-refractivity contribution in [1.29, 1.82) is 0 Å². The van der Waals surface area contributed by atoms with Crippen molar-refractivity contribution >= 4 is 0 Å². The van der Waals surface area contributed by atoms with Crippen LogP contribution in [0.4, 0.5) is 0 Å². The Kier molecular flexibility index (Phi) is 4.35. The minimum absolute atomic E-state index is 0.324. The van der Waals surface area contributed by atoms with E-state index in [9.17, 15) is 0 Å². The average Bonchev–Trinajstić information content (AvgIpc) is 2.14. The van der Waals surface area contributed by atoms with Crippen LogP contribution in [0.25, 0.3) is 0 Å². The Morgan fingerprint density at radius 1 is 1.29 bits per heavy atom. The first-order valence-corrected chi connectivity index (χ1v) is 5.81. The second-order valence-corrected chi connectivity index (χ2v) is 5.01. The standard InChI is InChI=1S/C11H25N3/c1-9(11(2,12)13)8-14-10-6-4-3-5-7-10/h9-10,14H,3-8,12-13H2,1-2H3. The summed E-state index contributed by atoms with van der Waals surface area (Å²) >= 11 is 0. The van der Waals surface area contributed by atoms with Crippen LogP contribution in [0.2, 0.25) is 0 Å². The topological polar surface area (TPSA) is 64.1 Å². The van der Waals surface area contributed by atoms with Crippen LogP contribution >= 0.6 is 0 Å². The van der Waals surface area contributed by atoms with Gasteiger partial charge in [0, 0.05) is 12.6 Å². The highest BCUT2D eigenvalue weighted by Gasteiger charge is 2.22. The predicted octanol–water partition coefficient (Wildman–Crippen LogP) is 1.18. The van der Waals surface area contributed by atoms with Gasteiger partial charge in [-0.25, -0.2) is 0 Å². The van der Waals surface area contributed by atoms with Gasteiger partial charge in [-0.2, -0.15) is 0 Å². The summed E-state index contributed by atoms with van der Waals surface area (Å²) in [7, 11) is 0. The molecule has 1 fully saturated rings. The zero-order valence-corrected chi connectivity index (χ0v) is 9.55. The third-order valence-corrected chi connectivity index (χ3v) is 3.38. The zero-order chi connectivity index (χ0) is 10.6. The Labute approximate surface area is 87.6 Å². The summed E-state index contributed by atoms with van der Waals surface area (Å²) in [4.78, 5) is 0. The van der Waals surface area contributed by atoms with Gasteiger partial charge < -0.3 is 16.8 Å². The Bertz CT molecular complexity index is 156. The van der Waals surface area contributed by atoms with Crippen LogP contribution in [0.15, 0.2) is 0 Å². The molecule has 3 nitrogen and oxygen atoms in total. The molecule has 0 amide bonds. The lowest BCUT2D eigenvalue weighted by Crippen LogP contribution is -2.55. The van der Waals surface area contributed by atoms with Gasteiger partial charge in [0.15, 0.2) is 0 Å². The molecule has 0 aromatic carbocycles. The SMILES string of the molecule is CC(CNC1CCCCC1)C(C)(N)N. The van der Waals surface area contributed by atoms with E-state index in [1.807, 2.05) is 6.92 Å². The van der Waals surface area contributed by atoms with E-state index < -0.39 is 5.66 Å². The summed E-state index contributed by atoms with van der Waals surface area (Å²) in [6.07, 6.45) is 6.78. The molecule has 1 saturated carbocycles. The highest BCUT2D eigenvalue weighted by atomic mass is 15.0. The molecule has 0 spiro atoms. The average molecular weight is 199 g/mol. The molecule has 14 heavy (non-hydrogen) atoms. The fraction of sp³-hybridized carbons (Fsp3) is 1.00. The van der Waals surface area contributed by atoms with E-state index in [0.717, 1.165) is 6.54 Å². The minimum Gasteiger partial charge on any atom is -0.314 e. The Balaban J connectivity index is 2.19. The van der Waals surface area contributed by atoms with Gasteiger partial charge in [0.1, 0.15) is 0 Å². The molecule has 84 valence electrons. The van der Waals surface area contributed by atoms with E-state index in [-0.39, 0.29) is 0 Å². The first-order chi connectivity index (χ1) is 6.50. The molecule has 0 aromatic rings. The van der Waals surface area contributed by atoms with E-state index in [0.29, 0.717) is 12.0 Å². The fourth-order valence-corrected chi connectivity index (χ4v) is 1.87. The normalized spacial score (nSPS) is 22.3. The molecule has 0 aliphatic heterocycles. The van der Waals surface area contributed by atoms with Crippen LogP contribution in [-0.2, 0) is 0 Å². The van der Waals surface area contributed by atoms with Gasteiger partial charge in [0.05, 0.1) is 5.66 Å². The zero-order valence-electron chi connectivity index (χ0n) is 9.55. The summed E-state index contributed by atoms with van der Waals surface area (Å²) in [6, 6.07) is 0.702. The number of rotatable bonds is 4. The minimum atomic E-state index is -0.554. The lowest BCUT2D eigenvalue weighted by Gasteiger charge is -2.30. The molecule has 0 saturated heterocycles. The summed E-state index contributed by atoms with van der Waals surface area (Å²) in [5.41, 5.74) is 11.1. The Hall–Kier alpha value is -0.120. The second kappa shape index (κ2) is 5.10. The molecule has 1 aliphatic carbocycles. The third kappa shape index (κ3) is 3.95. The van der Waals surface area contributed by atoms with Gasteiger partial charge in [-0.3, -0.25) is 0 Å². The predicted molar refractivity (Wildman–Crippen MR) is 60.8 cm³/mol. The number of hydrogen-bond acceptors (Lipinski definition) is 3. The fourth-order valence-electron chi connectivity index (χ4n) is 1.87. The van der Waals surface area contributed by atoms with Gasteiger partial charge in [0.25, 0.3) is 0 Å². The van der Waals surface area contributed by atoms with Gasteiger partial charge >= 0.3 is 0 Å². The maximum atomic E-state index is 5.83. The molecule has 0 bridgehead atoms. The molecular formula is C11H25N3. The first-order valence-electron chi connectivity index (χ1n) is 5.81. The summed E-state index contributed by atoms with van der Waals surface area (Å²) in [6.45, 7) is 4.93. The van der Waals surface area contributed by atoms with Crippen molar-refractivity contribution in [2.75, 3.05) is 6.54 Å². The maximum Gasteiger partial charge on any atom is 0.0646 e. The summed E-state index contributed by atoms with van der Waals surface area (Å²) in [5, 5.41) is 3.57. The largest absolute Gasteiger partial charge is 0.314 e. The highest BCUT2D eigenvalue weighted by Crippen LogP contribution is 2.18. The van der Waals surface area contributed by atoms with Crippen molar-refractivity contribution in [2.45, 2.75) is 57.7 Å². The molecule has 5 N–H and O–H groups in total. The van der Waals surface area contributed by atoms with Crippen molar-refractivity contribution in [1.82, 2.24) is 5.32 Å². The van der Waals surface area contributed by atoms with Gasteiger partial charge in [-0.1, -0.05) is 26.2 Å². The Morgan fingerprint density at radius 3 is 2.36 bits per heavy atom. The molecular weight excluding hydrogens is 174 g/mol. The van der Waals surface area contributed by atoms with Crippen molar-refractivity contribution in [3.05, 3.63) is 0 Å². The van der Waals surface area contributed by atoms with Gasteiger partial charge in [-0.15, -0.1) is 0 Å². The molecule has 1 rings (SSSR count). The highest BCUT2D eigenvalue weighted by molar-refractivity contribution is 4.81. The van der Waals surface area contributed by atoms with Gasteiger partial charge in [0.2, 0.25) is 0 Å². The van der Waals surface area contributed by atoms with E-state index in [4.69, 9.17) is 11.5 Å². The maximum absolute atomic E-state index is 5.83. The molecule has 3 heteroatoms. The monoisotopic (exact) mass is 199 g/mol. The van der Waals surface area contributed by atoms with Crippen molar-refractivity contribution < 1.29 is 0 Å². The number of hydrogen-bond donors (Lipinski definition) is 3. The van der Waals surface area contributed by atoms with Crippen molar-refractivity contribution in [3.8, 4) is 0 Å². The molecule has 0 radical (unpaired) electrons.